The van der Waals surface area contributed by atoms with Crippen molar-refractivity contribution in [3.63, 3.8) is 0 Å². The monoisotopic (exact) mass is 329 g/mol. The fraction of sp³-hybridized carbons (Fsp3) is 0.846. The van der Waals surface area contributed by atoms with E-state index in [-0.39, 0.29) is 12.3 Å². The Morgan fingerprint density at radius 3 is 2.43 bits per heavy atom. The number of carbonyl (C=O) groups excluding carboxylic acids is 2. The molecule has 3 atom stereocenters. The molecular formula is C13H16ClF4NO2. The van der Waals surface area contributed by atoms with Crippen LogP contribution in [-0.2, 0) is 9.59 Å². The van der Waals surface area contributed by atoms with Gasteiger partial charge < -0.3 is 4.90 Å². The minimum atomic E-state index is -4.77. The number of ketones is 1. The van der Waals surface area contributed by atoms with Crippen molar-refractivity contribution in [1.82, 2.24) is 4.90 Å². The molecule has 0 bridgehead atoms. The lowest BCUT2D eigenvalue weighted by atomic mass is 9.84. The van der Waals surface area contributed by atoms with Crippen LogP contribution in [0.4, 0.5) is 17.6 Å². The first-order valence-electron chi connectivity index (χ1n) is 6.88. The van der Waals surface area contributed by atoms with E-state index >= 15 is 0 Å². The van der Waals surface area contributed by atoms with Crippen molar-refractivity contribution >= 4 is 23.3 Å². The Hall–Kier alpha value is -0.850. The van der Waals surface area contributed by atoms with E-state index < -0.39 is 42.0 Å². The third-order valence-electron chi connectivity index (χ3n) is 4.39. The first-order valence-corrected chi connectivity index (χ1v) is 7.41. The molecule has 1 aliphatic heterocycles. The van der Waals surface area contributed by atoms with Gasteiger partial charge in [0.05, 0.1) is 11.9 Å². The molecule has 0 aromatic heterocycles. The van der Waals surface area contributed by atoms with Crippen LogP contribution in [0.25, 0.3) is 0 Å². The van der Waals surface area contributed by atoms with E-state index in [1.807, 2.05) is 0 Å². The maximum atomic E-state index is 13.4. The minimum absolute atomic E-state index is 0.0895. The number of hydrogen-bond donors (Lipinski definition) is 0. The summed E-state index contributed by atoms with van der Waals surface area (Å²) in [4.78, 5) is 24.4. The maximum Gasteiger partial charge on any atom is 0.383 e. The smallest absolute Gasteiger partial charge is 0.324 e. The molecule has 0 radical (unpaired) electrons. The number of likely N-dealkylation sites (tertiary alicyclic amines) is 1. The topological polar surface area (TPSA) is 37.4 Å². The summed E-state index contributed by atoms with van der Waals surface area (Å²) < 4.78 is 51.7. The Labute approximate surface area is 124 Å². The van der Waals surface area contributed by atoms with Crippen molar-refractivity contribution < 1.29 is 27.2 Å². The SMILES string of the molecule is O=C(CCl)C1CC2CCCCC2N1C(=O)C(F)(F)C(F)F. The molecule has 8 heteroatoms. The average molecular weight is 330 g/mol. The molecule has 0 spiro atoms. The molecule has 1 heterocycles. The van der Waals surface area contributed by atoms with Gasteiger partial charge in [0.25, 0.3) is 5.91 Å². The van der Waals surface area contributed by atoms with Crippen molar-refractivity contribution in [2.45, 2.75) is 56.5 Å². The van der Waals surface area contributed by atoms with Crippen molar-refractivity contribution in [1.29, 1.82) is 0 Å². The highest BCUT2D eigenvalue weighted by Gasteiger charge is 2.57. The van der Waals surface area contributed by atoms with Crippen molar-refractivity contribution in [2.75, 3.05) is 5.88 Å². The van der Waals surface area contributed by atoms with E-state index in [0.29, 0.717) is 17.7 Å². The second kappa shape index (κ2) is 6.10. The number of rotatable bonds is 4. The van der Waals surface area contributed by atoms with Gasteiger partial charge in [-0.2, -0.15) is 8.78 Å². The predicted molar refractivity (Wildman–Crippen MR) is 67.7 cm³/mol. The third-order valence-corrected chi connectivity index (χ3v) is 4.65. The molecule has 1 amide bonds. The fourth-order valence-electron chi connectivity index (χ4n) is 3.39. The average Bonchev–Trinajstić information content (AvgIpc) is 2.84. The Morgan fingerprint density at radius 1 is 1.24 bits per heavy atom. The quantitative estimate of drug-likeness (QED) is 0.587. The highest BCUT2D eigenvalue weighted by Crippen LogP contribution is 2.42. The lowest BCUT2D eigenvalue weighted by Gasteiger charge is -2.35. The maximum absolute atomic E-state index is 13.4. The summed E-state index contributed by atoms with van der Waals surface area (Å²) in [6.07, 6.45) is -1.06. The van der Waals surface area contributed by atoms with Crippen LogP contribution in [0.15, 0.2) is 0 Å². The van der Waals surface area contributed by atoms with Crippen LogP contribution in [0.5, 0.6) is 0 Å². The second-order valence-electron chi connectivity index (χ2n) is 5.60. The lowest BCUT2D eigenvalue weighted by Crippen LogP contribution is -2.55. The van der Waals surface area contributed by atoms with Gasteiger partial charge in [-0.25, -0.2) is 8.78 Å². The standard InChI is InChI=1S/C13H16ClF4NO2/c14-6-10(20)9-5-7-3-1-2-4-8(7)19(9)12(21)13(17,18)11(15)16/h7-9,11H,1-6H2. The molecular weight excluding hydrogens is 314 g/mol. The zero-order chi connectivity index (χ0) is 15.8. The van der Waals surface area contributed by atoms with Crippen LogP contribution in [-0.4, -0.2) is 46.9 Å². The summed E-state index contributed by atoms with van der Waals surface area (Å²) in [5.74, 6) is -7.79. The van der Waals surface area contributed by atoms with E-state index in [4.69, 9.17) is 11.6 Å². The van der Waals surface area contributed by atoms with Gasteiger partial charge in [-0.1, -0.05) is 12.8 Å². The highest BCUT2D eigenvalue weighted by molar-refractivity contribution is 6.28. The molecule has 2 rings (SSSR count). The number of amides is 1. The van der Waals surface area contributed by atoms with Crippen molar-refractivity contribution in [3.8, 4) is 0 Å². The summed E-state index contributed by atoms with van der Waals surface area (Å²) >= 11 is 5.45. The number of alkyl halides is 5. The molecule has 1 saturated carbocycles. The first-order chi connectivity index (χ1) is 9.80. The predicted octanol–water partition coefficient (Wildman–Crippen LogP) is 2.85. The van der Waals surface area contributed by atoms with Crippen LogP contribution in [0.2, 0.25) is 0 Å². The molecule has 1 saturated heterocycles. The summed E-state index contributed by atoms with van der Waals surface area (Å²) in [7, 11) is 0. The van der Waals surface area contributed by atoms with E-state index in [9.17, 15) is 27.2 Å². The zero-order valence-corrected chi connectivity index (χ0v) is 12.0. The molecule has 1 aliphatic carbocycles. The van der Waals surface area contributed by atoms with Crippen LogP contribution < -0.4 is 0 Å². The molecule has 21 heavy (non-hydrogen) atoms. The lowest BCUT2D eigenvalue weighted by molar-refractivity contribution is -0.184. The number of hydrogen-bond acceptors (Lipinski definition) is 2. The summed E-state index contributed by atoms with van der Waals surface area (Å²) in [6, 6.07) is -1.67. The van der Waals surface area contributed by atoms with Crippen LogP contribution in [0.1, 0.15) is 32.1 Å². The van der Waals surface area contributed by atoms with E-state index in [0.717, 1.165) is 12.8 Å². The van der Waals surface area contributed by atoms with Crippen LogP contribution >= 0.6 is 11.6 Å². The first kappa shape index (κ1) is 16.5. The highest BCUT2D eigenvalue weighted by atomic mass is 35.5. The number of Topliss-reactive ketones (excluding diaryl/α,β-unsaturated/α-hetero) is 1. The molecule has 0 aromatic carbocycles. The Bertz CT molecular complexity index is 432. The summed E-state index contributed by atoms with van der Waals surface area (Å²) in [5.41, 5.74) is 0. The van der Waals surface area contributed by atoms with Gasteiger partial charge in [-0.05, 0) is 25.2 Å². The third kappa shape index (κ3) is 2.89. The van der Waals surface area contributed by atoms with Gasteiger partial charge in [0.15, 0.2) is 5.78 Å². The van der Waals surface area contributed by atoms with E-state index in [2.05, 4.69) is 0 Å². The summed E-state index contributed by atoms with van der Waals surface area (Å²) in [6.45, 7) is 0. The molecule has 0 N–H and O–H groups in total. The van der Waals surface area contributed by atoms with Gasteiger partial charge in [0.2, 0.25) is 0 Å². The number of fused-ring (bicyclic) bond motifs is 1. The summed E-state index contributed by atoms with van der Waals surface area (Å²) in [5, 5.41) is 0. The van der Waals surface area contributed by atoms with Crippen LogP contribution in [0.3, 0.4) is 0 Å². The molecule has 3 unspecified atom stereocenters. The number of carbonyl (C=O) groups is 2. The van der Waals surface area contributed by atoms with Gasteiger partial charge in [-0.3, -0.25) is 9.59 Å². The molecule has 120 valence electrons. The van der Waals surface area contributed by atoms with Crippen LogP contribution in [0, 0.1) is 5.92 Å². The fourth-order valence-corrected chi connectivity index (χ4v) is 3.57. The van der Waals surface area contributed by atoms with E-state index in [1.54, 1.807) is 0 Å². The second-order valence-corrected chi connectivity index (χ2v) is 5.87. The van der Waals surface area contributed by atoms with Crippen molar-refractivity contribution in [2.24, 2.45) is 5.92 Å². The Balaban J connectivity index is 2.31. The number of halogens is 5. The Kier molecular flexibility index (Phi) is 4.80. The van der Waals surface area contributed by atoms with Gasteiger partial charge in [0.1, 0.15) is 0 Å². The largest absolute Gasteiger partial charge is 0.383 e. The zero-order valence-electron chi connectivity index (χ0n) is 11.2. The van der Waals surface area contributed by atoms with E-state index in [1.165, 1.54) is 0 Å². The molecule has 2 aliphatic rings. The van der Waals surface area contributed by atoms with Crippen molar-refractivity contribution in [3.05, 3.63) is 0 Å². The van der Waals surface area contributed by atoms with Gasteiger partial charge >= 0.3 is 12.3 Å². The van der Waals surface area contributed by atoms with Gasteiger partial charge in [-0.15, -0.1) is 11.6 Å². The Morgan fingerprint density at radius 2 is 1.86 bits per heavy atom. The van der Waals surface area contributed by atoms with Gasteiger partial charge in [0, 0.05) is 6.04 Å². The number of nitrogens with zero attached hydrogens (tertiary/aromatic N) is 1. The normalized spacial score (nSPS) is 29.6. The molecule has 0 aromatic rings. The molecule has 3 nitrogen and oxygen atoms in total. The minimum Gasteiger partial charge on any atom is -0.324 e. The molecule has 2 fully saturated rings.